The van der Waals surface area contributed by atoms with Gasteiger partial charge in [0.05, 0.1) is 16.9 Å². The standard InChI is InChI=1S/C11H14ClN3/c12-8-5-14-6-9-10(8)11(7-15-9)1-3-13-4-2-11/h5-6,13,15H,1-4,7H2. The fourth-order valence-corrected chi connectivity index (χ4v) is 3.15. The van der Waals surface area contributed by atoms with Crippen molar-refractivity contribution in [3.05, 3.63) is 23.0 Å². The van der Waals surface area contributed by atoms with Crippen molar-refractivity contribution in [2.24, 2.45) is 0 Å². The Labute approximate surface area is 94.2 Å². The summed E-state index contributed by atoms with van der Waals surface area (Å²) in [5.74, 6) is 0. The number of nitrogens with zero attached hydrogens (tertiary/aromatic N) is 1. The highest BCUT2D eigenvalue weighted by Crippen LogP contribution is 2.45. The van der Waals surface area contributed by atoms with Crippen molar-refractivity contribution < 1.29 is 0 Å². The molecular formula is C11H14ClN3. The van der Waals surface area contributed by atoms with Crippen molar-refractivity contribution in [3.8, 4) is 0 Å². The Bertz CT molecular complexity index is 380. The second-order valence-electron chi connectivity index (χ2n) is 4.43. The number of hydrogen-bond acceptors (Lipinski definition) is 3. The molecule has 2 aliphatic rings. The van der Waals surface area contributed by atoms with Crippen LogP contribution in [0.1, 0.15) is 18.4 Å². The minimum absolute atomic E-state index is 0.251. The van der Waals surface area contributed by atoms with Crippen molar-refractivity contribution in [1.82, 2.24) is 10.3 Å². The average Bonchev–Trinajstić information content (AvgIpc) is 2.60. The maximum atomic E-state index is 6.27. The number of fused-ring (bicyclic) bond motifs is 2. The number of pyridine rings is 1. The van der Waals surface area contributed by atoms with Gasteiger partial charge in [0, 0.05) is 23.7 Å². The van der Waals surface area contributed by atoms with Crippen LogP contribution in [0.15, 0.2) is 12.4 Å². The number of rotatable bonds is 0. The largest absolute Gasteiger partial charge is 0.383 e. The third kappa shape index (κ3) is 1.34. The van der Waals surface area contributed by atoms with Gasteiger partial charge in [-0.3, -0.25) is 4.98 Å². The van der Waals surface area contributed by atoms with E-state index < -0.39 is 0 Å². The maximum Gasteiger partial charge on any atom is 0.0648 e. The summed E-state index contributed by atoms with van der Waals surface area (Å²) in [6.07, 6.45) is 5.97. The monoisotopic (exact) mass is 223 g/mol. The highest BCUT2D eigenvalue weighted by atomic mass is 35.5. The summed E-state index contributed by atoms with van der Waals surface area (Å²) in [5.41, 5.74) is 2.67. The summed E-state index contributed by atoms with van der Waals surface area (Å²) >= 11 is 6.27. The Morgan fingerprint density at radius 3 is 2.87 bits per heavy atom. The predicted octanol–water partition coefficient (Wildman–Crippen LogP) is 1.78. The number of aromatic nitrogens is 1. The number of hydrogen-bond donors (Lipinski definition) is 2. The Hall–Kier alpha value is -0.800. The third-order valence-corrected chi connectivity index (χ3v) is 3.89. The van der Waals surface area contributed by atoms with E-state index in [1.807, 2.05) is 6.20 Å². The van der Waals surface area contributed by atoms with E-state index in [-0.39, 0.29) is 5.41 Å². The van der Waals surface area contributed by atoms with Crippen LogP contribution in [0.2, 0.25) is 5.02 Å². The zero-order valence-corrected chi connectivity index (χ0v) is 9.27. The first-order chi connectivity index (χ1) is 7.32. The molecule has 80 valence electrons. The highest BCUT2D eigenvalue weighted by Gasteiger charge is 2.41. The highest BCUT2D eigenvalue weighted by molar-refractivity contribution is 6.31. The van der Waals surface area contributed by atoms with Crippen molar-refractivity contribution >= 4 is 17.3 Å². The number of piperidine rings is 1. The van der Waals surface area contributed by atoms with Crippen molar-refractivity contribution in [2.75, 3.05) is 25.0 Å². The number of anilines is 1. The Balaban J connectivity index is 2.09. The van der Waals surface area contributed by atoms with Crippen molar-refractivity contribution in [2.45, 2.75) is 18.3 Å². The zero-order chi connectivity index (χ0) is 10.3. The van der Waals surface area contributed by atoms with Crippen molar-refractivity contribution in [3.63, 3.8) is 0 Å². The molecule has 0 saturated carbocycles. The van der Waals surface area contributed by atoms with Crippen LogP contribution in [-0.2, 0) is 5.41 Å². The summed E-state index contributed by atoms with van der Waals surface area (Å²) in [4.78, 5) is 4.12. The van der Waals surface area contributed by atoms with E-state index in [0.717, 1.165) is 43.2 Å². The van der Waals surface area contributed by atoms with Crippen LogP contribution in [-0.4, -0.2) is 24.6 Å². The normalized spacial score (nSPS) is 22.5. The quantitative estimate of drug-likeness (QED) is 0.704. The molecule has 2 N–H and O–H groups in total. The van der Waals surface area contributed by atoms with Gasteiger partial charge in [0.15, 0.2) is 0 Å². The summed E-state index contributed by atoms with van der Waals surface area (Å²) in [6.45, 7) is 3.18. The lowest BCUT2D eigenvalue weighted by Gasteiger charge is -2.34. The second-order valence-corrected chi connectivity index (χ2v) is 4.83. The molecule has 0 bridgehead atoms. The van der Waals surface area contributed by atoms with E-state index in [9.17, 15) is 0 Å². The van der Waals surface area contributed by atoms with Gasteiger partial charge in [0.2, 0.25) is 0 Å². The molecule has 1 spiro atoms. The number of halogens is 1. The summed E-state index contributed by atoms with van der Waals surface area (Å²) in [5, 5.41) is 7.65. The third-order valence-electron chi connectivity index (χ3n) is 3.61. The van der Waals surface area contributed by atoms with Gasteiger partial charge < -0.3 is 10.6 Å². The van der Waals surface area contributed by atoms with Crippen LogP contribution >= 0.6 is 11.6 Å². The lowest BCUT2D eigenvalue weighted by molar-refractivity contribution is 0.335. The summed E-state index contributed by atoms with van der Waals surface area (Å²) < 4.78 is 0. The van der Waals surface area contributed by atoms with E-state index in [2.05, 4.69) is 15.6 Å². The maximum absolute atomic E-state index is 6.27. The molecular weight excluding hydrogens is 210 g/mol. The molecule has 0 amide bonds. The zero-order valence-electron chi connectivity index (χ0n) is 8.52. The van der Waals surface area contributed by atoms with Crippen LogP contribution in [0.5, 0.6) is 0 Å². The van der Waals surface area contributed by atoms with Gasteiger partial charge in [0.1, 0.15) is 0 Å². The fraction of sp³-hybridized carbons (Fsp3) is 0.545. The molecule has 3 rings (SSSR count). The Kier molecular flexibility index (Phi) is 2.11. The Morgan fingerprint density at radius 1 is 1.27 bits per heavy atom. The fourth-order valence-electron chi connectivity index (χ4n) is 2.79. The molecule has 1 aromatic heterocycles. The SMILES string of the molecule is Clc1cncc2c1C1(CCNCC1)CN2. The van der Waals surface area contributed by atoms with Gasteiger partial charge in [0.25, 0.3) is 0 Å². The van der Waals surface area contributed by atoms with Gasteiger partial charge in [-0.1, -0.05) is 11.6 Å². The van der Waals surface area contributed by atoms with E-state index in [0.29, 0.717) is 0 Å². The van der Waals surface area contributed by atoms with Gasteiger partial charge in [-0.2, -0.15) is 0 Å². The van der Waals surface area contributed by atoms with E-state index >= 15 is 0 Å². The molecule has 0 atom stereocenters. The molecule has 2 aliphatic heterocycles. The lowest BCUT2D eigenvalue weighted by atomic mass is 9.75. The van der Waals surface area contributed by atoms with Crippen LogP contribution in [0, 0.1) is 0 Å². The first-order valence-corrected chi connectivity index (χ1v) is 5.78. The van der Waals surface area contributed by atoms with Crippen LogP contribution < -0.4 is 10.6 Å². The summed E-state index contributed by atoms with van der Waals surface area (Å²) in [7, 11) is 0. The van der Waals surface area contributed by atoms with Crippen molar-refractivity contribution in [1.29, 1.82) is 0 Å². The molecule has 0 aliphatic carbocycles. The minimum atomic E-state index is 0.251. The molecule has 4 heteroatoms. The van der Waals surface area contributed by atoms with Crippen LogP contribution in [0.3, 0.4) is 0 Å². The Morgan fingerprint density at radius 2 is 2.07 bits per heavy atom. The van der Waals surface area contributed by atoms with E-state index in [1.54, 1.807) is 6.20 Å². The minimum Gasteiger partial charge on any atom is -0.383 e. The van der Waals surface area contributed by atoms with Crippen LogP contribution in [0.25, 0.3) is 0 Å². The van der Waals surface area contributed by atoms with Gasteiger partial charge in [-0.15, -0.1) is 0 Å². The lowest BCUT2D eigenvalue weighted by Crippen LogP contribution is -2.41. The molecule has 1 fully saturated rings. The second kappa shape index (κ2) is 3.35. The predicted molar refractivity (Wildman–Crippen MR) is 61.5 cm³/mol. The summed E-state index contributed by atoms with van der Waals surface area (Å²) in [6, 6.07) is 0. The first-order valence-electron chi connectivity index (χ1n) is 5.40. The number of nitrogens with one attached hydrogen (secondary N) is 2. The molecule has 1 aromatic rings. The average molecular weight is 224 g/mol. The van der Waals surface area contributed by atoms with Gasteiger partial charge in [-0.25, -0.2) is 0 Å². The van der Waals surface area contributed by atoms with Gasteiger partial charge in [-0.05, 0) is 25.9 Å². The molecule has 0 aromatic carbocycles. The molecule has 1 saturated heterocycles. The van der Waals surface area contributed by atoms with Gasteiger partial charge >= 0.3 is 0 Å². The molecule has 0 unspecified atom stereocenters. The van der Waals surface area contributed by atoms with Crippen LogP contribution in [0.4, 0.5) is 5.69 Å². The van der Waals surface area contributed by atoms with E-state index in [4.69, 9.17) is 11.6 Å². The topological polar surface area (TPSA) is 37.0 Å². The first kappa shape index (κ1) is 9.43. The molecule has 3 heterocycles. The smallest absolute Gasteiger partial charge is 0.0648 e. The molecule has 0 radical (unpaired) electrons. The molecule has 15 heavy (non-hydrogen) atoms. The van der Waals surface area contributed by atoms with E-state index in [1.165, 1.54) is 5.56 Å². The molecule has 3 nitrogen and oxygen atoms in total.